The van der Waals surface area contributed by atoms with Crippen LogP contribution < -0.4 is 10.9 Å². The normalized spacial score (nSPS) is 18.3. The van der Waals surface area contributed by atoms with Crippen molar-refractivity contribution in [2.24, 2.45) is 0 Å². The van der Waals surface area contributed by atoms with E-state index in [1.165, 1.54) is 17.4 Å². The van der Waals surface area contributed by atoms with Crippen molar-refractivity contribution in [3.63, 3.8) is 0 Å². The van der Waals surface area contributed by atoms with Gasteiger partial charge in [-0.05, 0) is 49.9 Å². The van der Waals surface area contributed by atoms with Gasteiger partial charge in [-0.25, -0.2) is 9.59 Å². The van der Waals surface area contributed by atoms with Crippen molar-refractivity contribution in [1.29, 1.82) is 0 Å². The topological polar surface area (TPSA) is 79.6 Å². The predicted molar refractivity (Wildman–Crippen MR) is 116 cm³/mol. The number of fused-ring (bicyclic) bond motifs is 1. The molecule has 4 rings (SSSR count). The first-order valence-electron chi connectivity index (χ1n) is 10.9. The number of halogens is 1. The van der Waals surface area contributed by atoms with Gasteiger partial charge >= 0.3 is 11.7 Å². The number of nitrogens with one attached hydrogen (secondary N) is 1. The number of hydrogen-bond acceptors (Lipinski definition) is 4. The molecule has 0 atom stereocenters. The van der Waals surface area contributed by atoms with E-state index in [2.05, 4.69) is 5.32 Å². The number of urea groups is 1. The number of carbonyl (C=O) groups excluding carboxylic acids is 2. The molecular weight excluding hydrogens is 404 g/mol. The molecule has 30 heavy (non-hydrogen) atoms. The highest BCUT2D eigenvalue weighted by Crippen LogP contribution is 2.26. The molecule has 0 saturated heterocycles. The Morgan fingerprint density at radius 3 is 2.33 bits per heavy atom. The van der Waals surface area contributed by atoms with E-state index >= 15 is 0 Å². The molecule has 6 nitrogen and oxygen atoms in total. The number of amides is 3. The molecule has 2 aromatic rings. The van der Waals surface area contributed by atoms with Gasteiger partial charge in [-0.2, -0.15) is 0 Å². The minimum Gasteiger partial charge on any atom is -0.422 e. The molecule has 2 aliphatic rings. The number of nitrogens with zero attached hydrogens (tertiary/aromatic N) is 1. The highest BCUT2D eigenvalue weighted by Gasteiger charge is 2.34. The average Bonchev–Trinajstić information content (AvgIpc) is 2.75. The van der Waals surface area contributed by atoms with E-state index in [0.717, 1.165) is 57.8 Å². The molecule has 2 saturated carbocycles. The molecule has 7 heteroatoms. The van der Waals surface area contributed by atoms with Crippen LogP contribution in [0.15, 0.2) is 33.5 Å². The molecule has 3 amide bonds. The third-order valence-electron chi connectivity index (χ3n) is 6.23. The van der Waals surface area contributed by atoms with Crippen LogP contribution in [-0.4, -0.2) is 28.9 Å². The van der Waals surface area contributed by atoms with Crippen LogP contribution >= 0.6 is 11.6 Å². The maximum atomic E-state index is 13.4. The monoisotopic (exact) mass is 430 g/mol. The molecule has 0 radical (unpaired) electrons. The molecule has 2 fully saturated rings. The molecule has 1 N–H and O–H groups in total. The first-order valence-corrected chi connectivity index (χ1v) is 11.3. The van der Waals surface area contributed by atoms with Gasteiger partial charge in [0, 0.05) is 22.5 Å². The van der Waals surface area contributed by atoms with Crippen LogP contribution in [0.3, 0.4) is 0 Å². The molecule has 2 aliphatic carbocycles. The van der Waals surface area contributed by atoms with Crippen molar-refractivity contribution in [2.75, 3.05) is 0 Å². The standard InChI is InChI=1S/C23H27ClN2O4/c24-16-11-12-20-15(13-16)14-19(22(28)30-20)21(27)26(18-9-5-2-6-10-18)23(29)25-17-7-3-1-4-8-17/h11-14,17-18H,1-10H2,(H,25,29). The second kappa shape index (κ2) is 9.21. The third-order valence-corrected chi connectivity index (χ3v) is 6.47. The fourth-order valence-electron chi connectivity index (χ4n) is 4.63. The van der Waals surface area contributed by atoms with Crippen LogP contribution in [0.4, 0.5) is 4.79 Å². The number of imide groups is 1. The Bertz CT molecular complexity index is 990. The fourth-order valence-corrected chi connectivity index (χ4v) is 4.81. The predicted octanol–water partition coefficient (Wildman–Crippen LogP) is 5.26. The lowest BCUT2D eigenvalue weighted by Crippen LogP contribution is -2.53. The Balaban J connectivity index is 1.66. The Morgan fingerprint density at radius 2 is 1.63 bits per heavy atom. The maximum Gasteiger partial charge on any atom is 0.349 e. The summed E-state index contributed by atoms with van der Waals surface area (Å²) in [6.45, 7) is 0. The van der Waals surface area contributed by atoms with Crippen LogP contribution in [-0.2, 0) is 0 Å². The fraction of sp³-hybridized carbons (Fsp3) is 0.522. The lowest BCUT2D eigenvalue weighted by Gasteiger charge is -2.34. The second-order valence-electron chi connectivity index (χ2n) is 8.38. The van der Waals surface area contributed by atoms with Crippen LogP contribution in [0.25, 0.3) is 11.0 Å². The van der Waals surface area contributed by atoms with Gasteiger partial charge in [0.2, 0.25) is 0 Å². The van der Waals surface area contributed by atoms with Gasteiger partial charge in [0.15, 0.2) is 0 Å². The summed E-state index contributed by atoms with van der Waals surface area (Å²) < 4.78 is 5.34. The summed E-state index contributed by atoms with van der Waals surface area (Å²) in [4.78, 5) is 40.5. The molecule has 160 valence electrons. The van der Waals surface area contributed by atoms with Crippen molar-refractivity contribution >= 4 is 34.5 Å². The number of carbonyl (C=O) groups is 2. The van der Waals surface area contributed by atoms with E-state index in [-0.39, 0.29) is 17.6 Å². The first kappa shape index (κ1) is 20.9. The SMILES string of the molecule is O=C(NC1CCCCC1)N(C(=O)c1cc2cc(Cl)ccc2oc1=O)C1CCCCC1. The van der Waals surface area contributed by atoms with Gasteiger partial charge in [-0.3, -0.25) is 9.69 Å². The van der Waals surface area contributed by atoms with Crippen LogP contribution in [0.5, 0.6) is 0 Å². The van der Waals surface area contributed by atoms with Crippen molar-refractivity contribution in [1.82, 2.24) is 10.2 Å². The summed E-state index contributed by atoms with van der Waals surface area (Å²) in [6, 6.07) is 5.83. The summed E-state index contributed by atoms with van der Waals surface area (Å²) in [5, 5.41) is 4.08. The smallest absolute Gasteiger partial charge is 0.349 e. The molecule has 0 unspecified atom stereocenters. The number of benzene rings is 1. The molecule has 0 spiro atoms. The summed E-state index contributed by atoms with van der Waals surface area (Å²) in [7, 11) is 0. The molecule has 1 aromatic carbocycles. The average molecular weight is 431 g/mol. The van der Waals surface area contributed by atoms with E-state index in [1.54, 1.807) is 18.2 Å². The van der Waals surface area contributed by atoms with Crippen molar-refractivity contribution in [3.8, 4) is 0 Å². The zero-order valence-corrected chi connectivity index (χ0v) is 17.7. The molecular formula is C23H27ClN2O4. The number of rotatable bonds is 3. The van der Waals surface area contributed by atoms with E-state index < -0.39 is 17.6 Å². The second-order valence-corrected chi connectivity index (χ2v) is 8.82. The quantitative estimate of drug-likeness (QED) is 0.673. The first-order chi connectivity index (χ1) is 14.5. The zero-order valence-electron chi connectivity index (χ0n) is 17.0. The Morgan fingerprint density at radius 1 is 0.967 bits per heavy atom. The lowest BCUT2D eigenvalue weighted by molar-refractivity contribution is 0.0698. The van der Waals surface area contributed by atoms with Gasteiger partial charge in [-0.15, -0.1) is 0 Å². The van der Waals surface area contributed by atoms with Crippen LogP contribution in [0, 0.1) is 0 Å². The lowest BCUT2D eigenvalue weighted by atomic mass is 9.93. The van der Waals surface area contributed by atoms with Crippen LogP contribution in [0.2, 0.25) is 5.02 Å². The van der Waals surface area contributed by atoms with Crippen molar-refractivity contribution in [2.45, 2.75) is 76.3 Å². The molecule has 0 bridgehead atoms. The minimum absolute atomic E-state index is 0.0805. The van der Waals surface area contributed by atoms with E-state index in [1.807, 2.05) is 0 Å². The summed E-state index contributed by atoms with van der Waals surface area (Å²) in [5.41, 5.74) is -0.507. The van der Waals surface area contributed by atoms with Gasteiger partial charge in [0.25, 0.3) is 5.91 Å². The van der Waals surface area contributed by atoms with Gasteiger partial charge in [0.1, 0.15) is 11.1 Å². The maximum absolute atomic E-state index is 13.4. The zero-order chi connectivity index (χ0) is 21.1. The van der Waals surface area contributed by atoms with Crippen molar-refractivity contribution in [3.05, 3.63) is 45.3 Å². The van der Waals surface area contributed by atoms with E-state index in [0.29, 0.717) is 16.0 Å². The molecule has 1 heterocycles. The van der Waals surface area contributed by atoms with Crippen molar-refractivity contribution < 1.29 is 14.0 Å². The summed E-state index contributed by atoms with van der Waals surface area (Å²) in [6.07, 6.45) is 9.74. The highest BCUT2D eigenvalue weighted by molar-refractivity contribution is 6.31. The van der Waals surface area contributed by atoms with E-state index in [4.69, 9.17) is 16.0 Å². The summed E-state index contributed by atoms with van der Waals surface area (Å²) >= 11 is 6.05. The molecule has 0 aliphatic heterocycles. The van der Waals surface area contributed by atoms with Gasteiger partial charge in [-0.1, -0.05) is 50.1 Å². The Labute approximate surface area is 180 Å². The van der Waals surface area contributed by atoms with Gasteiger partial charge in [0.05, 0.1) is 0 Å². The largest absolute Gasteiger partial charge is 0.422 e. The third kappa shape index (κ3) is 4.53. The minimum atomic E-state index is -0.735. The van der Waals surface area contributed by atoms with Gasteiger partial charge < -0.3 is 9.73 Å². The Hall–Kier alpha value is -2.34. The Kier molecular flexibility index (Phi) is 6.42. The number of hydrogen-bond donors (Lipinski definition) is 1. The highest BCUT2D eigenvalue weighted by atomic mass is 35.5. The molecule has 1 aromatic heterocycles. The van der Waals surface area contributed by atoms with Crippen LogP contribution in [0.1, 0.15) is 74.6 Å². The van der Waals surface area contributed by atoms with E-state index in [9.17, 15) is 14.4 Å². The summed E-state index contributed by atoms with van der Waals surface area (Å²) in [5.74, 6) is -0.592.